The van der Waals surface area contributed by atoms with Gasteiger partial charge in [0.2, 0.25) is 5.91 Å². The summed E-state index contributed by atoms with van der Waals surface area (Å²) in [4.78, 5) is 22.0. The van der Waals surface area contributed by atoms with E-state index < -0.39 is 0 Å². The molecule has 0 aliphatic carbocycles. The highest BCUT2D eigenvalue weighted by Crippen LogP contribution is 2.31. The van der Waals surface area contributed by atoms with Crippen LogP contribution in [0.3, 0.4) is 0 Å². The lowest BCUT2D eigenvalue weighted by molar-refractivity contribution is -0.120. The lowest BCUT2D eigenvalue weighted by Crippen LogP contribution is -2.32. The van der Waals surface area contributed by atoms with Crippen LogP contribution in [0, 0.1) is 0 Å². The van der Waals surface area contributed by atoms with Gasteiger partial charge in [0.05, 0.1) is 15.5 Å². The second kappa shape index (κ2) is 7.21. The predicted molar refractivity (Wildman–Crippen MR) is 93.8 cm³/mol. The average Bonchev–Trinajstić information content (AvgIpc) is 3.18. The first-order chi connectivity index (χ1) is 10.7. The Bertz CT molecular complexity index is 754. The number of thioether (sulfide) groups is 1. The van der Waals surface area contributed by atoms with Crippen molar-refractivity contribution in [2.24, 2.45) is 0 Å². The van der Waals surface area contributed by atoms with Gasteiger partial charge in [-0.2, -0.15) is 0 Å². The summed E-state index contributed by atoms with van der Waals surface area (Å²) in [6, 6.07) is 6.09. The SMILES string of the molecule is C[C@H](Sc1ncnc2ccsc12)C(=O)NCCc1cccs1. The summed E-state index contributed by atoms with van der Waals surface area (Å²) >= 11 is 4.81. The molecule has 1 N–H and O–H groups in total. The molecule has 0 radical (unpaired) electrons. The molecule has 4 nitrogen and oxygen atoms in total. The molecule has 0 spiro atoms. The first-order valence-electron chi connectivity index (χ1n) is 6.89. The number of rotatable bonds is 6. The molecular formula is C15H15N3OS3. The quantitative estimate of drug-likeness (QED) is 0.546. The maximum Gasteiger partial charge on any atom is 0.233 e. The summed E-state index contributed by atoms with van der Waals surface area (Å²) in [5.41, 5.74) is 0.938. The summed E-state index contributed by atoms with van der Waals surface area (Å²) < 4.78 is 1.05. The lowest BCUT2D eigenvalue weighted by Gasteiger charge is -2.11. The van der Waals surface area contributed by atoms with Crippen LogP contribution in [0.25, 0.3) is 10.2 Å². The van der Waals surface area contributed by atoms with Crippen molar-refractivity contribution in [2.75, 3.05) is 6.54 Å². The topological polar surface area (TPSA) is 54.9 Å². The molecule has 3 rings (SSSR count). The van der Waals surface area contributed by atoms with Crippen molar-refractivity contribution in [3.8, 4) is 0 Å². The molecule has 0 aliphatic heterocycles. The van der Waals surface area contributed by atoms with Crippen LogP contribution >= 0.6 is 34.4 Å². The van der Waals surface area contributed by atoms with Gasteiger partial charge in [0.15, 0.2) is 0 Å². The second-order valence-corrected chi connectivity index (χ2v) is 7.97. The van der Waals surface area contributed by atoms with E-state index in [9.17, 15) is 4.79 Å². The maximum atomic E-state index is 12.2. The van der Waals surface area contributed by atoms with E-state index in [0.29, 0.717) is 6.54 Å². The predicted octanol–water partition coefficient (Wildman–Crippen LogP) is 3.59. The Balaban J connectivity index is 1.55. The van der Waals surface area contributed by atoms with Crippen LogP contribution in [-0.4, -0.2) is 27.7 Å². The molecule has 7 heteroatoms. The van der Waals surface area contributed by atoms with Crippen molar-refractivity contribution >= 4 is 50.6 Å². The third-order valence-corrected chi connectivity index (χ3v) is 6.20. The largest absolute Gasteiger partial charge is 0.355 e. The van der Waals surface area contributed by atoms with Gasteiger partial charge in [0, 0.05) is 11.4 Å². The number of thiophene rings is 2. The van der Waals surface area contributed by atoms with Gasteiger partial charge in [-0.25, -0.2) is 9.97 Å². The zero-order valence-electron chi connectivity index (χ0n) is 12.0. The van der Waals surface area contributed by atoms with Crippen molar-refractivity contribution in [2.45, 2.75) is 23.6 Å². The number of carbonyl (C=O) groups is 1. The van der Waals surface area contributed by atoms with E-state index in [-0.39, 0.29) is 11.2 Å². The number of hydrogen-bond donors (Lipinski definition) is 1. The van der Waals surface area contributed by atoms with Gasteiger partial charge in [-0.05, 0) is 36.2 Å². The van der Waals surface area contributed by atoms with Gasteiger partial charge < -0.3 is 5.32 Å². The number of nitrogens with zero attached hydrogens (tertiary/aromatic N) is 2. The normalized spacial score (nSPS) is 12.4. The van der Waals surface area contributed by atoms with Crippen LogP contribution in [0.1, 0.15) is 11.8 Å². The second-order valence-electron chi connectivity index (χ2n) is 4.69. The van der Waals surface area contributed by atoms with Gasteiger partial charge in [-0.3, -0.25) is 4.79 Å². The first kappa shape index (κ1) is 15.5. The molecule has 114 valence electrons. The van der Waals surface area contributed by atoms with E-state index in [0.717, 1.165) is 21.7 Å². The van der Waals surface area contributed by atoms with Crippen molar-refractivity contribution in [3.63, 3.8) is 0 Å². The highest BCUT2D eigenvalue weighted by molar-refractivity contribution is 8.00. The van der Waals surface area contributed by atoms with Crippen LogP contribution in [0.5, 0.6) is 0 Å². The summed E-state index contributed by atoms with van der Waals surface area (Å²) in [5.74, 6) is 0.0462. The molecule has 3 aromatic heterocycles. The van der Waals surface area contributed by atoms with Gasteiger partial charge in [0.1, 0.15) is 11.4 Å². The van der Waals surface area contributed by atoms with Crippen LogP contribution < -0.4 is 5.32 Å². The van der Waals surface area contributed by atoms with Crippen molar-refractivity contribution in [3.05, 3.63) is 40.2 Å². The van der Waals surface area contributed by atoms with Crippen molar-refractivity contribution < 1.29 is 4.79 Å². The Labute approximate surface area is 141 Å². The Hall–Kier alpha value is -1.44. The number of aromatic nitrogens is 2. The third-order valence-electron chi connectivity index (χ3n) is 3.12. The Morgan fingerprint density at radius 1 is 1.32 bits per heavy atom. The first-order valence-corrected chi connectivity index (χ1v) is 9.53. The summed E-state index contributed by atoms with van der Waals surface area (Å²) in [7, 11) is 0. The van der Waals surface area contributed by atoms with Gasteiger partial charge >= 0.3 is 0 Å². The van der Waals surface area contributed by atoms with E-state index in [2.05, 4.69) is 26.7 Å². The van der Waals surface area contributed by atoms with E-state index >= 15 is 0 Å². The zero-order valence-corrected chi connectivity index (χ0v) is 14.4. The summed E-state index contributed by atoms with van der Waals surface area (Å²) in [6.45, 7) is 2.58. The van der Waals surface area contributed by atoms with Crippen molar-refractivity contribution in [1.29, 1.82) is 0 Å². The van der Waals surface area contributed by atoms with Crippen LogP contribution in [-0.2, 0) is 11.2 Å². The standard InChI is InChI=1S/C15H15N3OS3/c1-10(14(19)16-6-4-11-3-2-7-20-11)22-15-13-12(5-8-21-13)17-9-18-15/h2-3,5,7-10H,4,6H2,1H3,(H,16,19)/t10-/m0/s1. The van der Waals surface area contributed by atoms with Gasteiger partial charge in [-0.1, -0.05) is 17.8 Å². The molecule has 0 saturated heterocycles. The summed E-state index contributed by atoms with van der Waals surface area (Å²) in [6.07, 6.45) is 2.43. The minimum Gasteiger partial charge on any atom is -0.355 e. The number of carbonyl (C=O) groups excluding carboxylic acids is 1. The Morgan fingerprint density at radius 3 is 3.05 bits per heavy atom. The molecule has 1 atom stereocenters. The fraction of sp³-hybridized carbons (Fsp3) is 0.267. The Kier molecular flexibility index (Phi) is 5.07. The van der Waals surface area contributed by atoms with Crippen LogP contribution in [0.15, 0.2) is 40.3 Å². The van der Waals surface area contributed by atoms with E-state index in [1.54, 1.807) is 29.0 Å². The third kappa shape index (κ3) is 3.66. The average molecular weight is 350 g/mol. The molecule has 0 saturated carbocycles. The molecule has 22 heavy (non-hydrogen) atoms. The van der Waals surface area contributed by atoms with Gasteiger partial charge in [-0.15, -0.1) is 22.7 Å². The van der Waals surface area contributed by atoms with Crippen molar-refractivity contribution in [1.82, 2.24) is 15.3 Å². The number of amides is 1. The van der Waals surface area contributed by atoms with E-state index in [4.69, 9.17) is 0 Å². The minimum absolute atomic E-state index is 0.0462. The van der Waals surface area contributed by atoms with E-state index in [1.807, 2.05) is 24.4 Å². The number of nitrogens with one attached hydrogen (secondary N) is 1. The smallest absolute Gasteiger partial charge is 0.233 e. The molecule has 0 aromatic carbocycles. The fourth-order valence-corrected chi connectivity index (χ4v) is 4.55. The van der Waals surface area contributed by atoms with Crippen LogP contribution in [0.2, 0.25) is 0 Å². The molecule has 0 bridgehead atoms. The molecule has 3 aromatic rings. The highest BCUT2D eigenvalue weighted by Gasteiger charge is 2.17. The molecule has 3 heterocycles. The number of hydrogen-bond acceptors (Lipinski definition) is 6. The monoisotopic (exact) mass is 349 g/mol. The highest BCUT2D eigenvalue weighted by atomic mass is 32.2. The molecule has 1 amide bonds. The molecule has 0 fully saturated rings. The molecule has 0 unspecified atom stereocenters. The zero-order chi connectivity index (χ0) is 15.4. The van der Waals surface area contributed by atoms with Crippen LogP contribution in [0.4, 0.5) is 0 Å². The minimum atomic E-state index is -0.177. The molecular weight excluding hydrogens is 334 g/mol. The maximum absolute atomic E-state index is 12.2. The molecule has 0 aliphatic rings. The Morgan fingerprint density at radius 2 is 2.23 bits per heavy atom. The lowest BCUT2D eigenvalue weighted by atomic mass is 10.3. The summed E-state index contributed by atoms with van der Waals surface area (Å²) in [5, 5.41) is 7.74. The number of fused-ring (bicyclic) bond motifs is 1. The fourth-order valence-electron chi connectivity index (χ4n) is 1.98. The van der Waals surface area contributed by atoms with E-state index in [1.165, 1.54) is 16.6 Å². The van der Waals surface area contributed by atoms with Gasteiger partial charge in [0.25, 0.3) is 0 Å².